The second-order valence-corrected chi connectivity index (χ2v) is 22.8. The van der Waals surface area contributed by atoms with Crippen LogP contribution in [-0.2, 0) is 23.7 Å². The van der Waals surface area contributed by atoms with Crippen molar-refractivity contribution in [1.29, 1.82) is 0 Å². The van der Waals surface area contributed by atoms with Gasteiger partial charge in [0.15, 0.2) is 12.6 Å². The standard InChI is InChI=1S/C68H119NO13/c1-3-5-7-9-11-13-15-16-17-18-19-20-21-22-23-24-25-26-27-28-29-30-31-32-33-34-35-36-37-38-39-40-42-44-46-48-50-52-60(73)69-56(57(72)51-49-47-45-43-41-14-12-10-8-6-4-2)55-79-67-65(78)63(76)66(59(54-71)81-67)82-68-64(77)62(75)61(74)58(53-70)80-68/h5,7-8,10-11,13,16-17,19-20,41,43,49,51,56-59,61-68,70-72,74-78H,3-4,6,9,12,14-15,18,21-40,42,44-48,50,52-55H2,1-2H3,(H,69,73)/b7-5-,10-8+,13-11-,17-16-,20-19-,43-41+,51-49+. The van der Waals surface area contributed by atoms with Crippen LogP contribution < -0.4 is 5.32 Å². The Morgan fingerprint density at radius 1 is 0.451 bits per heavy atom. The van der Waals surface area contributed by atoms with Gasteiger partial charge in [-0.2, -0.15) is 0 Å². The molecule has 2 aliphatic heterocycles. The minimum absolute atomic E-state index is 0.254. The first-order chi connectivity index (χ1) is 40.1. The quantitative estimate of drug-likeness (QED) is 0.0204. The van der Waals surface area contributed by atoms with Crippen LogP contribution in [0.1, 0.15) is 245 Å². The van der Waals surface area contributed by atoms with Crippen molar-refractivity contribution >= 4 is 5.91 Å². The highest BCUT2D eigenvalue weighted by molar-refractivity contribution is 5.76. The van der Waals surface area contributed by atoms with Gasteiger partial charge in [0.2, 0.25) is 5.91 Å². The molecule has 474 valence electrons. The van der Waals surface area contributed by atoms with E-state index < -0.39 is 86.8 Å². The van der Waals surface area contributed by atoms with Crippen LogP contribution in [0.4, 0.5) is 0 Å². The van der Waals surface area contributed by atoms with Crippen LogP contribution in [0.3, 0.4) is 0 Å². The maximum atomic E-state index is 13.2. The molecule has 14 heteroatoms. The molecule has 12 unspecified atom stereocenters. The smallest absolute Gasteiger partial charge is 0.220 e. The van der Waals surface area contributed by atoms with E-state index in [2.05, 4.69) is 92.1 Å². The summed E-state index contributed by atoms with van der Waals surface area (Å²) in [5.74, 6) is -0.254. The summed E-state index contributed by atoms with van der Waals surface area (Å²) in [7, 11) is 0. The van der Waals surface area contributed by atoms with Crippen molar-refractivity contribution in [3.8, 4) is 0 Å². The number of ether oxygens (including phenoxy) is 4. The van der Waals surface area contributed by atoms with Gasteiger partial charge in [-0.25, -0.2) is 0 Å². The summed E-state index contributed by atoms with van der Waals surface area (Å²) in [6.07, 6.45) is 55.4. The number of aliphatic hydroxyl groups excluding tert-OH is 8. The zero-order valence-corrected chi connectivity index (χ0v) is 51.2. The van der Waals surface area contributed by atoms with Gasteiger partial charge < -0.3 is 65.1 Å². The maximum Gasteiger partial charge on any atom is 0.220 e. The Morgan fingerprint density at radius 2 is 0.854 bits per heavy atom. The van der Waals surface area contributed by atoms with Crippen molar-refractivity contribution in [2.75, 3.05) is 19.8 Å². The number of unbranched alkanes of at least 4 members (excludes halogenated alkanes) is 27. The second-order valence-electron chi connectivity index (χ2n) is 22.8. The first-order valence-corrected chi connectivity index (χ1v) is 32.8. The molecule has 1 amide bonds. The molecule has 0 radical (unpaired) electrons. The lowest BCUT2D eigenvalue weighted by Gasteiger charge is -2.46. The third kappa shape index (κ3) is 36.9. The topological polar surface area (TPSA) is 228 Å². The Kier molecular flexibility index (Phi) is 48.2. The molecule has 2 saturated heterocycles. The Labute approximate surface area is 497 Å². The summed E-state index contributed by atoms with van der Waals surface area (Å²) >= 11 is 0. The third-order valence-corrected chi connectivity index (χ3v) is 15.5. The predicted octanol–water partition coefficient (Wildman–Crippen LogP) is 12.4. The van der Waals surface area contributed by atoms with Gasteiger partial charge in [-0.15, -0.1) is 0 Å². The number of carbonyl (C=O) groups is 1. The number of hydrogen-bond acceptors (Lipinski definition) is 13. The molecule has 0 aliphatic carbocycles. The van der Waals surface area contributed by atoms with Crippen molar-refractivity contribution < 1.29 is 64.6 Å². The highest BCUT2D eigenvalue weighted by atomic mass is 16.7. The molecule has 2 aliphatic rings. The van der Waals surface area contributed by atoms with E-state index >= 15 is 0 Å². The number of nitrogens with one attached hydrogen (secondary N) is 1. The van der Waals surface area contributed by atoms with Gasteiger partial charge in [-0.3, -0.25) is 4.79 Å². The monoisotopic (exact) mass is 1160 g/mol. The fraction of sp³-hybridized carbons (Fsp3) is 0.779. The molecule has 0 aromatic rings. The highest BCUT2D eigenvalue weighted by Crippen LogP contribution is 2.30. The first kappa shape index (κ1) is 75.3. The summed E-state index contributed by atoms with van der Waals surface area (Å²) in [6, 6.07) is -0.938. The van der Waals surface area contributed by atoms with Gasteiger partial charge in [-0.1, -0.05) is 247 Å². The average Bonchev–Trinajstić information content (AvgIpc) is 3.22. The molecule has 2 heterocycles. The van der Waals surface area contributed by atoms with Gasteiger partial charge in [0.1, 0.15) is 48.8 Å². The van der Waals surface area contributed by atoms with Gasteiger partial charge in [0.25, 0.3) is 0 Å². The summed E-state index contributed by atoms with van der Waals surface area (Å²) < 4.78 is 22.7. The van der Waals surface area contributed by atoms with E-state index in [9.17, 15) is 45.6 Å². The van der Waals surface area contributed by atoms with Crippen LogP contribution in [0.25, 0.3) is 0 Å². The molecule has 2 fully saturated rings. The normalized spacial score (nSPS) is 24.5. The zero-order valence-electron chi connectivity index (χ0n) is 51.2. The molecule has 0 saturated carbocycles. The second kappa shape index (κ2) is 52.5. The van der Waals surface area contributed by atoms with Gasteiger partial charge in [-0.05, 0) is 77.0 Å². The largest absolute Gasteiger partial charge is 0.394 e. The van der Waals surface area contributed by atoms with E-state index in [1.165, 1.54) is 135 Å². The third-order valence-electron chi connectivity index (χ3n) is 15.5. The summed E-state index contributed by atoms with van der Waals surface area (Å²) in [5, 5.41) is 87.0. The summed E-state index contributed by atoms with van der Waals surface area (Å²) in [6.45, 7) is 2.58. The molecular weight excluding hydrogens is 1040 g/mol. The van der Waals surface area contributed by atoms with Crippen LogP contribution in [0.15, 0.2) is 85.1 Å². The number of amides is 1. The summed E-state index contributed by atoms with van der Waals surface area (Å²) in [5.41, 5.74) is 0. The van der Waals surface area contributed by atoms with Crippen molar-refractivity contribution in [3.05, 3.63) is 85.1 Å². The van der Waals surface area contributed by atoms with Crippen molar-refractivity contribution in [2.24, 2.45) is 0 Å². The van der Waals surface area contributed by atoms with E-state index in [1.807, 2.05) is 6.08 Å². The molecular formula is C68H119NO13. The SMILES string of the molecule is CC/C=C\C/C=C\C/C=C\C/C=C\CCCCCCCCCCCCCCCCCCCCCCCCCCC(=O)NC(COC1OC(CO)C(OC2OC(CO)C(O)C(O)C2O)C(O)C1O)C(O)/C=C/CC/C=C/CC/C=C/CCC. The van der Waals surface area contributed by atoms with Crippen LogP contribution >= 0.6 is 0 Å². The average molecular weight is 1160 g/mol. The van der Waals surface area contributed by atoms with Crippen LogP contribution in [-0.4, -0.2) is 140 Å². The lowest BCUT2D eigenvalue weighted by atomic mass is 9.97. The number of aliphatic hydroxyl groups is 8. The highest BCUT2D eigenvalue weighted by Gasteiger charge is 2.51. The van der Waals surface area contributed by atoms with E-state index in [0.29, 0.717) is 12.8 Å². The van der Waals surface area contributed by atoms with E-state index in [4.69, 9.17) is 18.9 Å². The van der Waals surface area contributed by atoms with E-state index in [0.717, 1.165) is 77.0 Å². The predicted molar refractivity (Wildman–Crippen MR) is 332 cm³/mol. The Morgan fingerprint density at radius 3 is 1.33 bits per heavy atom. The van der Waals surface area contributed by atoms with Crippen LogP contribution in [0.5, 0.6) is 0 Å². The number of carbonyl (C=O) groups excluding carboxylic acids is 1. The van der Waals surface area contributed by atoms with Crippen LogP contribution in [0, 0.1) is 0 Å². The molecule has 12 atom stereocenters. The van der Waals surface area contributed by atoms with Gasteiger partial charge >= 0.3 is 0 Å². The van der Waals surface area contributed by atoms with Crippen LogP contribution in [0.2, 0.25) is 0 Å². The first-order valence-electron chi connectivity index (χ1n) is 32.8. The number of hydrogen-bond donors (Lipinski definition) is 9. The van der Waals surface area contributed by atoms with E-state index in [1.54, 1.807) is 6.08 Å². The Hall–Kier alpha value is -2.83. The van der Waals surface area contributed by atoms with Gasteiger partial charge in [0, 0.05) is 6.42 Å². The molecule has 2 rings (SSSR count). The lowest BCUT2D eigenvalue weighted by molar-refractivity contribution is -0.359. The fourth-order valence-electron chi connectivity index (χ4n) is 10.3. The van der Waals surface area contributed by atoms with E-state index in [-0.39, 0.29) is 18.9 Å². The van der Waals surface area contributed by atoms with Crippen molar-refractivity contribution in [1.82, 2.24) is 5.32 Å². The van der Waals surface area contributed by atoms with Crippen molar-refractivity contribution in [2.45, 2.75) is 319 Å². The molecule has 0 aromatic carbocycles. The minimum atomic E-state index is -1.79. The fourth-order valence-corrected chi connectivity index (χ4v) is 10.3. The number of rotatable bonds is 52. The lowest BCUT2D eigenvalue weighted by Crippen LogP contribution is -2.65. The number of allylic oxidation sites excluding steroid dienone is 13. The maximum absolute atomic E-state index is 13.2. The zero-order chi connectivity index (χ0) is 59.5. The van der Waals surface area contributed by atoms with Gasteiger partial charge in [0.05, 0.1) is 32.0 Å². The Bertz CT molecular complexity index is 1700. The molecule has 0 spiro atoms. The summed E-state index contributed by atoms with van der Waals surface area (Å²) in [4.78, 5) is 13.2. The van der Waals surface area contributed by atoms with Crippen molar-refractivity contribution in [3.63, 3.8) is 0 Å². The molecule has 0 aromatic heterocycles. The molecule has 0 bridgehead atoms. The minimum Gasteiger partial charge on any atom is -0.394 e. The Balaban J connectivity index is 1.57. The molecule has 9 N–H and O–H groups in total. The molecule has 14 nitrogen and oxygen atoms in total. The molecule has 82 heavy (non-hydrogen) atoms.